The molecule has 6 nitrogen and oxygen atoms in total. The Morgan fingerprint density at radius 1 is 1.11 bits per heavy atom. The molecule has 4 rings (SSSR count). The van der Waals surface area contributed by atoms with Gasteiger partial charge in [0.05, 0.1) is 20.9 Å². The van der Waals surface area contributed by atoms with Gasteiger partial charge in [-0.2, -0.15) is 5.10 Å². The van der Waals surface area contributed by atoms with Crippen molar-refractivity contribution in [3.63, 3.8) is 0 Å². The number of nitrogens with zero attached hydrogens (tertiary/aromatic N) is 2. The highest BCUT2D eigenvalue weighted by molar-refractivity contribution is 9.11. The lowest BCUT2D eigenvalue weighted by molar-refractivity contribution is 0.0955. The van der Waals surface area contributed by atoms with Crippen molar-refractivity contribution in [3.8, 4) is 17.0 Å². The first-order valence-electron chi connectivity index (χ1n) is 10.6. The first-order chi connectivity index (χ1) is 17.4. The summed E-state index contributed by atoms with van der Waals surface area (Å²) in [6.07, 6.45) is 3.23. The van der Waals surface area contributed by atoms with Gasteiger partial charge in [-0.25, -0.2) is 10.4 Å². The largest absolute Gasteiger partial charge is 0.487 e. The molecule has 1 heterocycles. The maximum Gasteiger partial charge on any atom is 0.271 e. The Labute approximate surface area is 234 Å². The Morgan fingerprint density at radius 3 is 2.47 bits per heavy atom. The third-order valence-electron chi connectivity index (χ3n) is 4.79. The summed E-state index contributed by atoms with van der Waals surface area (Å²) >= 11 is 14.4. The number of ether oxygens (including phenoxy) is 1. The normalized spacial score (nSPS) is 10.9. The number of amides is 1. The Kier molecular flexibility index (Phi) is 8.93. The van der Waals surface area contributed by atoms with E-state index in [1.807, 2.05) is 53.9 Å². The molecule has 10 heteroatoms. The smallest absolute Gasteiger partial charge is 0.271 e. The molecule has 4 aromatic rings. The van der Waals surface area contributed by atoms with Crippen LogP contribution in [0.4, 0.5) is 10.8 Å². The molecule has 0 aliphatic carbocycles. The van der Waals surface area contributed by atoms with E-state index in [0.29, 0.717) is 22.9 Å². The summed E-state index contributed by atoms with van der Waals surface area (Å²) in [5.74, 6) is 0.356. The maximum absolute atomic E-state index is 12.5. The number of rotatable bonds is 9. The number of thiazole rings is 1. The summed E-state index contributed by atoms with van der Waals surface area (Å²) < 4.78 is 7.13. The molecular formula is C26H19Br2ClN4O2S. The second kappa shape index (κ2) is 12.3. The lowest BCUT2D eigenvalue weighted by Gasteiger charge is -2.09. The van der Waals surface area contributed by atoms with E-state index in [1.165, 1.54) is 11.3 Å². The van der Waals surface area contributed by atoms with Crippen molar-refractivity contribution in [1.29, 1.82) is 0 Å². The van der Waals surface area contributed by atoms with Gasteiger partial charge < -0.3 is 10.1 Å². The van der Waals surface area contributed by atoms with Crippen LogP contribution >= 0.6 is 54.8 Å². The minimum atomic E-state index is -0.315. The topological polar surface area (TPSA) is 75.6 Å². The van der Waals surface area contributed by atoms with Crippen LogP contribution in [0.5, 0.6) is 5.75 Å². The highest BCUT2D eigenvalue weighted by Gasteiger charge is 2.10. The van der Waals surface area contributed by atoms with Gasteiger partial charge in [0.2, 0.25) is 0 Å². The van der Waals surface area contributed by atoms with Gasteiger partial charge in [-0.05, 0) is 86.0 Å². The summed E-state index contributed by atoms with van der Waals surface area (Å²) in [5.41, 5.74) is 6.45. The number of hydrogen-bond acceptors (Lipinski definition) is 6. The summed E-state index contributed by atoms with van der Waals surface area (Å²) in [4.78, 5) is 17.1. The van der Waals surface area contributed by atoms with Crippen molar-refractivity contribution in [3.05, 3.63) is 104 Å². The number of aromatic nitrogens is 1. The molecule has 2 N–H and O–H groups in total. The predicted molar refractivity (Wildman–Crippen MR) is 155 cm³/mol. The van der Waals surface area contributed by atoms with E-state index in [-0.39, 0.29) is 5.91 Å². The summed E-state index contributed by atoms with van der Waals surface area (Å²) in [6.45, 7) is 4.04. The van der Waals surface area contributed by atoms with E-state index in [4.69, 9.17) is 16.3 Å². The molecule has 0 spiro atoms. The minimum absolute atomic E-state index is 0.315. The van der Waals surface area contributed by atoms with Crippen LogP contribution in [0.25, 0.3) is 11.3 Å². The number of carbonyl (C=O) groups is 1. The zero-order chi connectivity index (χ0) is 25.5. The quantitative estimate of drug-likeness (QED) is 0.110. The third kappa shape index (κ3) is 6.82. The molecule has 0 aliphatic heterocycles. The Hall–Kier alpha value is -2.98. The zero-order valence-electron chi connectivity index (χ0n) is 18.7. The van der Waals surface area contributed by atoms with Gasteiger partial charge in [0.1, 0.15) is 12.4 Å². The van der Waals surface area contributed by atoms with Crippen molar-refractivity contribution in [2.75, 3.05) is 11.9 Å². The van der Waals surface area contributed by atoms with Crippen LogP contribution < -0.4 is 15.5 Å². The van der Waals surface area contributed by atoms with Crippen molar-refractivity contribution in [1.82, 2.24) is 10.4 Å². The van der Waals surface area contributed by atoms with Gasteiger partial charge in [0.15, 0.2) is 5.13 Å². The first kappa shape index (κ1) is 26.1. The number of halogens is 3. The van der Waals surface area contributed by atoms with Gasteiger partial charge in [0, 0.05) is 27.2 Å². The molecule has 0 unspecified atom stereocenters. The molecule has 182 valence electrons. The number of hydrogen-bond donors (Lipinski definition) is 2. The molecule has 0 aliphatic rings. The van der Waals surface area contributed by atoms with Gasteiger partial charge in [-0.15, -0.1) is 11.3 Å². The lowest BCUT2D eigenvalue weighted by atomic mass is 10.1. The Bertz CT molecular complexity index is 1380. The fraction of sp³-hybridized carbons (Fsp3) is 0.0385. The zero-order valence-corrected chi connectivity index (χ0v) is 23.4. The van der Waals surface area contributed by atoms with E-state index in [2.05, 4.69) is 59.3 Å². The van der Waals surface area contributed by atoms with Gasteiger partial charge >= 0.3 is 0 Å². The third-order valence-corrected chi connectivity index (χ3v) is 6.98. The van der Waals surface area contributed by atoms with Crippen LogP contribution in [0.15, 0.2) is 92.7 Å². The van der Waals surface area contributed by atoms with Crippen molar-refractivity contribution < 1.29 is 9.53 Å². The van der Waals surface area contributed by atoms with E-state index in [0.717, 1.165) is 36.6 Å². The molecule has 36 heavy (non-hydrogen) atoms. The molecule has 0 atom stereocenters. The maximum atomic E-state index is 12.5. The number of anilines is 2. The molecule has 3 aromatic carbocycles. The highest BCUT2D eigenvalue weighted by atomic mass is 79.9. The molecule has 0 saturated heterocycles. The lowest BCUT2D eigenvalue weighted by Crippen LogP contribution is -2.17. The van der Waals surface area contributed by atoms with E-state index < -0.39 is 0 Å². The number of benzene rings is 3. The first-order valence-corrected chi connectivity index (χ1v) is 13.4. The van der Waals surface area contributed by atoms with Gasteiger partial charge in [-0.1, -0.05) is 36.4 Å². The van der Waals surface area contributed by atoms with Crippen LogP contribution in [0, 0.1) is 0 Å². The minimum Gasteiger partial charge on any atom is -0.487 e. The Morgan fingerprint density at radius 2 is 1.81 bits per heavy atom. The van der Waals surface area contributed by atoms with Crippen LogP contribution in [0.3, 0.4) is 0 Å². The molecule has 0 bridgehead atoms. The molecule has 1 aromatic heterocycles. The summed E-state index contributed by atoms with van der Waals surface area (Å²) in [6, 6.07) is 18.3. The second-order valence-electron chi connectivity index (χ2n) is 7.36. The highest BCUT2D eigenvalue weighted by Crippen LogP contribution is 2.34. The van der Waals surface area contributed by atoms with Gasteiger partial charge in [-0.3, -0.25) is 4.79 Å². The average molecular weight is 647 g/mol. The SMILES string of the molecule is C=CCOc1c(Br)cc(/C=N\NC(=O)c2ccc(-c3csc(Nc4ccc(Cl)cc4)n3)cc2)cc1Br. The van der Waals surface area contributed by atoms with E-state index >= 15 is 0 Å². The molecule has 0 saturated carbocycles. The molecule has 0 radical (unpaired) electrons. The van der Waals surface area contributed by atoms with Crippen LogP contribution in [-0.2, 0) is 0 Å². The number of nitrogens with one attached hydrogen (secondary N) is 2. The van der Waals surface area contributed by atoms with Crippen molar-refractivity contribution in [2.24, 2.45) is 5.10 Å². The van der Waals surface area contributed by atoms with Crippen molar-refractivity contribution in [2.45, 2.75) is 0 Å². The average Bonchev–Trinajstić information content (AvgIpc) is 3.33. The van der Waals surface area contributed by atoms with E-state index in [9.17, 15) is 4.79 Å². The number of hydrazone groups is 1. The summed E-state index contributed by atoms with van der Waals surface area (Å²) in [7, 11) is 0. The number of carbonyl (C=O) groups excluding carboxylic acids is 1. The molecule has 1 amide bonds. The van der Waals surface area contributed by atoms with Crippen LogP contribution in [-0.4, -0.2) is 23.7 Å². The van der Waals surface area contributed by atoms with E-state index in [1.54, 1.807) is 24.4 Å². The molecule has 0 fully saturated rings. The summed E-state index contributed by atoms with van der Waals surface area (Å²) in [5, 5.41) is 10.7. The van der Waals surface area contributed by atoms with Crippen molar-refractivity contribution >= 4 is 77.7 Å². The Balaban J connectivity index is 1.36. The molecular weight excluding hydrogens is 628 g/mol. The fourth-order valence-electron chi connectivity index (χ4n) is 3.08. The second-order valence-corrected chi connectivity index (χ2v) is 10.4. The van der Waals surface area contributed by atoms with Crippen LogP contribution in [0.1, 0.15) is 15.9 Å². The van der Waals surface area contributed by atoms with Crippen LogP contribution in [0.2, 0.25) is 5.02 Å². The predicted octanol–water partition coefficient (Wildman–Crippen LogP) is 8.06. The van der Waals surface area contributed by atoms with Gasteiger partial charge in [0.25, 0.3) is 5.91 Å². The standard InChI is InChI=1S/C26H19Br2ClN4O2S/c1-2-11-35-24-21(27)12-16(13-22(24)28)14-30-33-25(34)18-5-3-17(4-6-18)23-15-36-26(32-23)31-20-9-7-19(29)8-10-20/h2-10,12-15H,1,11H2,(H,31,32)(H,33,34)/b30-14-. The monoisotopic (exact) mass is 644 g/mol. The fourth-order valence-corrected chi connectivity index (χ4v) is 5.39.